The van der Waals surface area contributed by atoms with Gasteiger partial charge in [-0.1, -0.05) is 59.3 Å². The predicted octanol–water partition coefficient (Wildman–Crippen LogP) is 3.66. The summed E-state index contributed by atoms with van der Waals surface area (Å²) in [4.78, 5) is 0. The summed E-state index contributed by atoms with van der Waals surface area (Å²) >= 11 is 0. The van der Waals surface area contributed by atoms with Gasteiger partial charge >= 0.3 is 18.9 Å². The van der Waals surface area contributed by atoms with E-state index in [9.17, 15) is 0 Å². The number of hydrogen-bond donors (Lipinski definition) is 0. The van der Waals surface area contributed by atoms with Crippen molar-refractivity contribution in [2.75, 3.05) is 13.9 Å². The normalized spacial score (nSPS) is 30.9. The Bertz CT molecular complexity index is 681. The van der Waals surface area contributed by atoms with Gasteiger partial charge in [0.15, 0.2) is 6.79 Å². The molecule has 0 aliphatic heterocycles. The minimum atomic E-state index is 0. The van der Waals surface area contributed by atoms with E-state index in [4.69, 9.17) is 9.47 Å². The molecule has 156 valence electrons. The molecule has 5 rings (SSSR count). The molecule has 29 heavy (non-hydrogen) atoms. The molecular weight excluding hydrogens is 351 g/mol. The number of methoxy groups -OCH3 is 1. The molecule has 0 unspecified atom stereocenters. The van der Waals surface area contributed by atoms with Gasteiger partial charge in [0.2, 0.25) is 0 Å². The molecule has 0 aromatic heterocycles. The van der Waals surface area contributed by atoms with Gasteiger partial charge in [-0.05, 0) is 54.3 Å². The smallest absolute Gasteiger partial charge is 0.493 e. The average Bonchev–Trinajstić information content (AvgIpc) is 2.56. The molecule has 4 fully saturated rings. The molecule has 0 radical (unpaired) electrons. The first-order valence-corrected chi connectivity index (χ1v) is 11.3. The first-order valence-electron chi connectivity index (χ1n) is 11.3. The van der Waals surface area contributed by atoms with Crippen LogP contribution in [0.5, 0.6) is 5.75 Å². The van der Waals surface area contributed by atoms with Crippen LogP contribution in [0, 0.1) is 29.2 Å². The molecule has 0 saturated heterocycles. The monoisotopic (exact) mass is 390 g/mol. The SMILES string of the molecule is COCOc1[c-]cc(C(C)(C)CC(C)(C)C)cc1C12CC3CC(CC(C3)C1)C2.[Li+]. The van der Waals surface area contributed by atoms with Crippen LogP contribution in [0.15, 0.2) is 12.1 Å². The zero-order valence-corrected chi connectivity index (χ0v) is 19.9. The van der Waals surface area contributed by atoms with E-state index < -0.39 is 0 Å². The molecule has 0 spiro atoms. The van der Waals surface area contributed by atoms with E-state index in [1.54, 1.807) is 7.11 Å². The molecule has 4 aliphatic rings. The summed E-state index contributed by atoms with van der Waals surface area (Å²) in [6, 6.07) is 8.24. The summed E-state index contributed by atoms with van der Waals surface area (Å²) < 4.78 is 11.3. The molecule has 4 aliphatic carbocycles. The third-order valence-electron chi connectivity index (χ3n) is 7.59. The van der Waals surface area contributed by atoms with Crippen LogP contribution in [0.2, 0.25) is 0 Å². The maximum atomic E-state index is 6.07. The summed E-state index contributed by atoms with van der Waals surface area (Å²) in [5.74, 6) is 3.72. The van der Waals surface area contributed by atoms with E-state index in [0.717, 1.165) is 29.9 Å². The minimum absolute atomic E-state index is 0. The van der Waals surface area contributed by atoms with Gasteiger partial charge in [-0.25, -0.2) is 0 Å². The molecule has 0 heterocycles. The topological polar surface area (TPSA) is 18.5 Å². The zero-order valence-electron chi connectivity index (χ0n) is 19.9. The Morgan fingerprint density at radius 3 is 2.03 bits per heavy atom. The molecule has 1 aromatic rings. The van der Waals surface area contributed by atoms with Crippen molar-refractivity contribution in [3.63, 3.8) is 0 Å². The average molecular weight is 391 g/mol. The molecule has 0 amide bonds. The second-order valence-corrected chi connectivity index (χ2v) is 12.0. The standard InChI is InChI=1S/C26H39O2.Li/c1-24(2,3)16-25(4,5)21-7-8-23(28-17-27-6)22(12-21)26-13-18-9-19(14-26)11-20(10-18)15-26;/h7,12,18-20H,9-11,13-17H2,1-6H3;/q-1;+1. The fourth-order valence-corrected chi connectivity index (χ4v) is 7.37. The number of ether oxygens (including phenoxy) is 2. The van der Waals surface area contributed by atoms with Crippen LogP contribution >= 0.6 is 0 Å². The van der Waals surface area contributed by atoms with Gasteiger partial charge < -0.3 is 9.47 Å². The Morgan fingerprint density at radius 1 is 1.00 bits per heavy atom. The molecule has 0 atom stereocenters. The van der Waals surface area contributed by atoms with E-state index in [1.807, 2.05) is 0 Å². The van der Waals surface area contributed by atoms with Gasteiger partial charge in [0.25, 0.3) is 0 Å². The fraction of sp³-hybridized carbons (Fsp3) is 0.769. The maximum absolute atomic E-state index is 6.07. The number of hydrogen-bond acceptors (Lipinski definition) is 2. The van der Waals surface area contributed by atoms with Crippen LogP contribution < -0.4 is 23.6 Å². The molecular formula is C26H39LiO2. The second kappa shape index (κ2) is 8.25. The minimum Gasteiger partial charge on any atom is -0.493 e. The van der Waals surface area contributed by atoms with Gasteiger partial charge in [0.05, 0.1) is 0 Å². The van der Waals surface area contributed by atoms with E-state index in [-0.39, 0.29) is 24.3 Å². The van der Waals surface area contributed by atoms with Crippen molar-refractivity contribution >= 4 is 0 Å². The van der Waals surface area contributed by atoms with Crippen molar-refractivity contribution < 1.29 is 28.3 Å². The second-order valence-electron chi connectivity index (χ2n) is 12.0. The number of benzene rings is 1. The Balaban J connectivity index is 0.00000240. The summed E-state index contributed by atoms with van der Waals surface area (Å²) in [6.07, 6.45) is 9.59. The molecule has 3 heteroatoms. The van der Waals surface area contributed by atoms with E-state index in [1.165, 1.54) is 49.7 Å². The summed E-state index contributed by atoms with van der Waals surface area (Å²) in [5, 5.41) is 0. The van der Waals surface area contributed by atoms with E-state index in [2.05, 4.69) is 52.8 Å². The maximum Gasteiger partial charge on any atom is 1.00 e. The quantitative estimate of drug-likeness (QED) is 0.419. The zero-order chi connectivity index (χ0) is 20.2. The first kappa shape index (κ1) is 23.2. The molecule has 1 aromatic carbocycles. The molecule has 2 nitrogen and oxygen atoms in total. The van der Waals surface area contributed by atoms with Crippen LogP contribution in [-0.2, 0) is 15.6 Å². The van der Waals surface area contributed by atoms with Crippen molar-refractivity contribution in [2.45, 2.75) is 90.4 Å². The van der Waals surface area contributed by atoms with Crippen molar-refractivity contribution in [2.24, 2.45) is 23.2 Å². The molecule has 4 saturated carbocycles. The number of rotatable bonds is 6. The van der Waals surface area contributed by atoms with Gasteiger partial charge in [0.1, 0.15) is 0 Å². The Kier molecular flexibility index (Phi) is 6.62. The van der Waals surface area contributed by atoms with Gasteiger partial charge in [0, 0.05) is 12.9 Å². The Hall–Kier alpha value is -0.423. The Labute approximate surface area is 190 Å². The fourth-order valence-electron chi connectivity index (χ4n) is 7.37. The van der Waals surface area contributed by atoms with Gasteiger partial charge in [-0.3, -0.25) is 0 Å². The summed E-state index contributed by atoms with van der Waals surface area (Å²) in [6.45, 7) is 12.1. The van der Waals surface area contributed by atoms with Crippen molar-refractivity contribution in [1.82, 2.24) is 0 Å². The van der Waals surface area contributed by atoms with Crippen LogP contribution in [0.25, 0.3) is 0 Å². The van der Waals surface area contributed by atoms with Crippen LogP contribution in [0.1, 0.15) is 90.7 Å². The summed E-state index contributed by atoms with van der Waals surface area (Å²) in [7, 11) is 1.70. The van der Waals surface area contributed by atoms with E-state index in [0.29, 0.717) is 17.6 Å². The van der Waals surface area contributed by atoms with Crippen LogP contribution in [0.4, 0.5) is 0 Å². The third-order valence-corrected chi connectivity index (χ3v) is 7.59. The third kappa shape index (κ3) is 4.76. The summed E-state index contributed by atoms with van der Waals surface area (Å²) in [5.41, 5.74) is 3.59. The predicted molar refractivity (Wildman–Crippen MR) is 115 cm³/mol. The molecule has 4 bridgehead atoms. The van der Waals surface area contributed by atoms with E-state index >= 15 is 0 Å². The largest absolute Gasteiger partial charge is 1.00 e. The first-order chi connectivity index (χ1) is 13.1. The van der Waals surface area contributed by atoms with Gasteiger partial charge in [-0.15, -0.1) is 17.2 Å². The van der Waals surface area contributed by atoms with Gasteiger partial charge in [-0.2, -0.15) is 12.1 Å². The Morgan fingerprint density at radius 2 is 1.55 bits per heavy atom. The van der Waals surface area contributed by atoms with Crippen molar-refractivity contribution in [3.05, 3.63) is 29.3 Å². The van der Waals surface area contributed by atoms with Crippen LogP contribution in [0.3, 0.4) is 0 Å². The van der Waals surface area contributed by atoms with Crippen LogP contribution in [-0.4, -0.2) is 13.9 Å². The van der Waals surface area contributed by atoms with Crippen molar-refractivity contribution in [1.29, 1.82) is 0 Å². The molecule has 0 N–H and O–H groups in total. The van der Waals surface area contributed by atoms with Crippen molar-refractivity contribution in [3.8, 4) is 5.75 Å².